The summed E-state index contributed by atoms with van der Waals surface area (Å²) < 4.78 is 27.5. The van der Waals surface area contributed by atoms with Gasteiger partial charge in [-0.3, -0.25) is 4.79 Å². The van der Waals surface area contributed by atoms with E-state index in [2.05, 4.69) is 9.71 Å². The second-order valence-corrected chi connectivity index (χ2v) is 7.21. The Hall–Kier alpha value is -1.86. The fourth-order valence-electron chi connectivity index (χ4n) is 2.70. The number of aromatic nitrogens is 1. The summed E-state index contributed by atoms with van der Waals surface area (Å²) in [5, 5.41) is 1.09. The van der Waals surface area contributed by atoms with Gasteiger partial charge in [0, 0.05) is 31.2 Å². The average molecular weight is 321 g/mol. The summed E-state index contributed by atoms with van der Waals surface area (Å²) in [6, 6.07) is 7.88. The Kier molecular flexibility index (Phi) is 4.17. The highest BCUT2D eigenvalue weighted by Gasteiger charge is 2.26. The predicted molar refractivity (Wildman–Crippen MR) is 84.5 cm³/mol. The van der Waals surface area contributed by atoms with Crippen molar-refractivity contribution in [1.82, 2.24) is 14.0 Å². The summed E-state index contributed by atoms with van der Waals surface area (Å²) in [5.74, 6) is -0.457. The van der Waals surface area contributed by atoms with Gasteiger partial charge in [-0.05, 0) is 48.4 Å². The van der Waals surface area contributed by atoms with E-state index in [1.165, 1.54) is 4.31 Å². The number of nitrogens with one attached hydrogen (secondary N) is 2. The molecular formula is C15H19N3O3S. The molecule has 1 aromatic heterocycles. The lowest BCUT2D eigenvalue weighted by atomic mass is 10.1. The third-order valence-corrected chi connectivity index (χ3v) is 5.44. The van der Waals surface area contributed by atoms with Crippen molar-refractivity contribution in [2.75, 3.05) is 13.1 Å². The number of rotatable bonds is 5. The molecule has 0 spiro atoms. The molecule has 1 aromatic carbocycles. The Labute approximate surface area is 129 Å². The van der Waals surface area contributed by atoms with Crippen molar-refractivity contribution >= 4 is 27.0 Å². The van der Waals surface area contributed by atoms with Gasteiger partial charge in [-0.25, -0.2) is 4.72 Å². The van der Waals surface area contributed by atoms with Crippen LogP contribution in [0.1, 0.15) is 24.8 Å². The zero-order valence-corrected chi connectivity index (χ0v) is 13.0. The minimum atomic E-state index is -3.66. The highest BCUT2D eigenvalue weighted by atomic mass is 32.2. The molecule has 0 radical (unpaired) electrons. The molecule has 1 aliphatic heterocycles. The maximum Gasteiger partial charge on any atom is 0.303 e. The van der Waals surface area contributed by atoms with Gasteiger partial charge in [0.1, 0.15) is 0 Å². The molecule has 3 rings (SSSR count). The number of fused-ring (bicyclic) bond motifs is 1. The van der Waals surface area contributed by atoms with E-state index in [0.29, 0.717) is 19.5 Å². The van der Waals surface area contributed by atoms with Crippen LogP contribution in [0.25, 0.3) is 10.9 Å². The predicted octanol–water partition coefficient (Wildman–Crippen LogP) is 1.56. The van der Waals surface area contributed by atoms with E-state index in [1.54, 1.807) is 0 Å². The Morgan fingerprint density at radius 2 is 2.00 bits per heavy atom. The van der Waals surface area contributed by atoms with E-state index in [-0.39, 0.29) is 6.42 Å². The van der Waals surface area contributed by atoms with Crippen LogP contribution in [0.15, 0.2) is 30.5 Å². The number of carbonyl (C=O) groups excluding carboxylic acids is 1. The summed E-state index contributed by atoms with van der Waals surface area (Å²) in [4.78, 5) is 15.0. The van der Waals surface area contributed by atoms with Crippen LogP contribution in [-0.2, 0) is 21.4 Å². The molecule has 1 saturated heterocycles. The molecule has 0 aliphatic carbocycles. The fourth-order valence-corrected chi connectivity index (χ4v) is 3.96. The van der Waals surface area contributed by atoms with Gasteiger partial charge in [0.05, 0.1) is 0 Å². The molecule has 118 valence electrons. The van der Waals surface area contributed by atoms with Crippen LogP contribution in [0.5, 0.6) is 0 Å². The molecule has 0 unspecified atom stereocenters. The standard InChI is InChI=1S/C15H19N3O3S/c19-15(17-22(20,21)18-9-1-2-10-18)6-4-12-3-5-14-13(11-12)7-8-16-14/h3,5,7-8,11,16H,1-2,4,6,9-10H2,(H,17,19). The van der Waals surface area contributed by atoms with Gasteiger partial charge >= 0.3 is 10.2 Å². The van der Waals surface area contributed by atoms with Crippen molar-refractivity contribution < 1.29 is 13.2 Å². The van der Waals surface area contributed by atoms with Gasteiger partial charge in [-0.1, -0.05) is 6.07 Å². The van der Waals surface area contributed by atoms with Crippen LogP contribution in [0.2, 0.25) is 0 Å². The number of aromatic amines is 1. The van der Waals surface area contributed by atoms with E-state index in [4.69, 9.17) is 0 Å². The fraction of sp³-hybridized carbons (Fsp3) is 0.400. The lowest BCUT2D eigenvalue weighted by Gasteiger charge is -2.15. The summed E-state index contributed by atoms with van der Waals surface area (Å²) in [6.45, 7) is 0.986. The largest absolute Gasteiger partial charge is 0.361 e. The minimum absolute atomic E-state index is 0.156. The van der Waals surface area contributed by atoms with E-state index in [0.717, 1.165) is 29.3 Å². The topological polar surface area (TPSA) is 82.3 Å². The third-order valence-electron chi connectivity index (χ3n) is 3.91. The number of hydrogen-bond donors (Lipinski definition) is 2. The molecule has 1 aliphatic rings. The first kappa shape index (κ1) is 15.1. The number of aryl methyl sites for hydroxylation is 1. The summed E-state index contributed by atoms with van der Waals surface area (Å²) in [7, 11) is -3.66. The summed E-state index contributed by atoms with van der Waals surface area (Å²) in [5.41, 5.74) is 2.06. The van der Waals surface area contributed by atoms with Crippen LogP contribution in [0.3, 0.4) is 0 Å². The van der Waals surface area contributed by atoms with E-state index < -0.39 is 16.1 Å². The van der Waals surface area contributed by atoms with Gasteiger partial charge in [0.2, 0.25) is 5.91 Å². The minimum Gasteiger partial charge on any atom is -0.361 e. The molecule has 2 aromatic rings. The molecule has 22 heavy (non-hydrogen) atoms. The number of hydrogen-bond acceptors (Lipinski definition) is 3. The lowest BCUT2D eigenvalue weighted by Crippen LogP contribution is -2.42. The first-order valence-electron chi connectivity index (χ1n) is 7.41. The summed E-state index contributed by atoms with van der Waals surface area (Å²) >= 11 is 0. The van der Waals surface area contributed by atoms with Crippen LogP contribution in [0, 0.1) is 0 Å². The van der Waals surface area contributed by atoms with Crippen molar-refractivity contribution in [3.8, 4) is 0 Å². The highest BCUT2D eigenvalue weighted by molar-refractivity contribution is 7.87. The molecule has 1 amide bonds. The molecule has 1 fully saturated rings. The van der Waals surface area contributed by atoms with E-state index in [1.807, 2.05) is 30.5 Å². The number of amides is 1. The van der Waals surface area contributed by atoms with Gasteiger partial charge in [0.15, 0.2) is 0 Å². The number of carbonyl (C=O) groups is 1. The first-order chi connectivity index (χ1) is 10.5. The average Bonchev–Trinajstić information content (AvgIpc) is 3.15. The Bertz CT molecular complexity index is 776. The molecule has 2 heterocycles. The SMILES string of the molecule is O=C(CCc1ccc2[nH]ccc2c1)NS(=O)(=O)N1CCCC1. The maximum atomic E-state index is 12.0. The normalized spacial score (nSPS) is 16.2. The Balaban J connectivity index is 1.57. The smallest absolute Gasteiger partial charge is 0.303 e. The Morgan fingerprint density at radius 3 is 2.77 bits per heavy atom. The van der Waals surface area contributed by atoms with Gasteiger partial charge in [-0.15, -0.1) is 0 Å². The maximum absolute atomic E-state index is 12.0. The molecule has 2 N–H and O–H groups in total. The quantitative estimate of drug-likeness (QED) is 0.877. The van der Waals surface area contributed by atoms with Gasteiger partial charge in [0.25, 0.3) is 0 Å². The van der Waals surface area contributed by atoms with Crippen LogP contribution < -0.4 is 4.72 Å². The van der Waals surface area contributed by atoms with Crippen molar-refractivity contribution in [2.24, 2.45) is 0 Å². The van der Waals surface area contributed by atoms with Crippen LogP contribution >= 0.6 is 0 Å². The number of benzene rings is 1. The second-order valence-electron chi connectivity index (χ2n) is 5.54. The second kappa shape index (κ2) is 6.10. The van der Waals surface area contributed by atoms with Crippen molar-refractivity contribution in [2.45, 2.75) is 25.7 Å². The molecule has 0 saturated carbocycles. The molecule has 0 bridgehead atoms. The van der Waals surface area contributed by atoms with Crippen molar-refractivity contribution in [3.05, 3.63) is 36.0 Å². The zero-order chi connectivity index (χ0) is 15.6. The lowest BCUT2D eigenvalue weighted by molar-refractivity contribution is -0.119. The van der Waals surface area contributed by atoms with E-state index in [9.17, 15) is 13.2 Å². The molecule has 6 nitrogen and oxygen atoms in total. The van der Waals surface area contributed by atoms with Crippen LogP contribution in [-0.4, -0.2) is 36.7 Å². The zero-order valence-electron chi connectivity index (χ0n) is 12.2. The monoisotopic (exact) mass is 321 g/mol. The Morgan fingerprint density at radius 1 is 1.23 bits per heavy atom. The third kappa shape index (κ3) is 3.31. The van der Waals surface area contributed by atoms with Gasteiger partial charge in [-0.2, -0.15) is 12.7 Å². The number of nitrogens with zero attached hydrogens (tertiary/aromatic N) is 1. The van der Waals surface area contributed by atoms with Crippen molar-refractivity contribution in [1.29, 1.82) is 0 Å². The van der Waals surface area contributed by atoms with Crippen LogP contribution in [0.4, 0.5) is 0 Å². The molecule has 0 atom stereocenters. The summed E-state index contributed by atoms with van der Waals surface area (Å²) in [6.07, 6.45) is 4.24. The van der Waals surface area contributed by atoms with E-state index >= 15 is 0 Å². The molecular weight excluding hydrogens is 302 g/mol. The number of H-pyrrole nitrogens is 1. The molecule has 7 heteroatoms. The highest BCUT2D eigenvalue weighted by Crippen LogP contribution is 2.16. The van der Waals surface area contributed by atoms with Gasteiger partial charge < -0.3 is 4.98 Å². The first-order valence-corrected chi connectivity index (χ1v) is 8.85. The van der Waals surface area contributed by atoms with Crippen molar-refractivity contribution in [3.63, 3.8) is 0 Å².